The average molecular weight is 248 g/mol. The maximum Gasteiger partial charge on any atom is 0.113 e. The second-order valence-corrected chi connectivity index (χ2v) is 4.82. The van der Waals surface area contributed by atoms with Crippen LogP contribution in [-0.2, 0) is 6.42 Å². The number of aryl methyl sites for hydroxylation is 2. The minimum absolute atomic E-state index is 0.829. The van der Waals surface area contributed by atoms with Crippen molar-refractivity contribution in [2.45, 2.75) is 19.8 Å². The summed E-state index contributed by atoms with van der Waals surface area (Å²) >= 11 is 0. The summed E-state index contributed by atoms with van der Waals surface area (Å²) in [4.78, 5) is 4.39. The largest absolute Gasteiger partial charge is 0.385 e. The third-order valence-corrected chi connectivity index (χ3v) is 3.27. The first kappa shape index (κ1) is 11.8. The molecule has 0 atom stereocenters. The molecule has 0 fully saturated rings. The molecule has 1 aromatic carbocycles. The lowest BCUT2D eigenvalue weighted by Crippen LogP contribution is -2.11. The minimum Gasteiger partial charge on any atom is -0.385 e. The number of aromatic nitrogens is 1. The maximum atomic E-state index is 4.39. The van der Waals surface area contributed by atoms with E-state index < -0.39 is 0 Å². The summed E-state index contributed by atoms with van der Waals surface area (Å²) in [7, 11) is 0. The van der Waals surface area contributed by atoms with Crippen molar-refractivity contribution in [3.05, 3.63) is 58.9 Å². The van der Waals surface area contributed by atoms with Crippen LogP contribution in [0.15, 0.2) is 36.4 Å². The van der Waals surface area contributed by atoms with Crippen LogP contribution in [0.5, 0.6) is 0 Å². The minimum atomic E-state index is 0.829. The zero-order chi connectivity index (χ0) is 13.1. The van der Waals surface area contributed by atoms with E-state index in [0.717, 1.165) is 29.9 Å². The van der Waals surface area contributed by atoms with Gasteiger partial charge in [0.15, 0.2) is 0 Å². The molecule has 0 aliphatic carbocycles. The van der Waals surface area contributed by atoms with Crippen molar-refractivity contribution < 1.29 is 0 Å². The van der Waals surface area contributed by atoms with Crippen LogP contribution in [-0.4, -0.2) is 11.5 Å². The Hall–Kier alpha value is -2.27. The highest BCUT2D eigenvalue weighted by Crippen LogP contribution is 2.22. The van der Waals surface area contributed by atoms with E-state index in [2.05, 4.69) is 40.3 Å². The van der Waals surface area contributed by atoms with Crippen LogP contribution >= 0.6 is 0 Å². The Morgan fingerprint density at radius 2 is 2.11 bits per heavy atom. The van der Waals surface area contributed by atoms with Gasteiger partial charge in [-0.3, -0.25) is 0 Å². The highest BCUT2D eigenvalue weighted by atomic mass is 14.9. The van der Waals surface area contributed by atoms with E-state index in [9.17, 15) is 0 Å². The fourth-order valence-corrected chi connectivity index (χ4v) is 2.30. The number of pyridine rings is 1. The van der Waals surface area contributed by atoms with Crippen molar-refractivity contribution in [3.8, 4) is 11.8 Å². The molecule has 0 unspecified atom stereocenters. The van der Waals surface area contributed by atoms with E-state index in [0.29, 0.717) is 0 Å². The molecule has 1 aromatic heterocycles. The van der Waals surface area contributed by atoms with Gasteiger partial charge in [-0.1, -0.05) is 12.0 Å². The van der Waals surface area contributed by atoms with E-state index in [1.54, 1.807) is 0 Å². The standard InChI is InChI=1S/C17H16N2/c1-13-4-2-6-16(19-13)9-7-14-8-10-17-15(12-14)5-3-11-18-17/h2,4,6,8,10,12,18H,3,5,11H2,1H3. The second kappa shape index (κ2) is 5.16. The summed E-state index contributed by atoms with van der Waals surface area (Å²) in [6.07, 6.45) is 2.34. The molecule has 0 saturated heterocycles. The molecule has 0 amide bonds. The smallest absolute Gasteiger partial charge is 0.113 e. The summed E-state index contributed by atoms with van der Waals surface area (Å²) in [5, 5.41) is 3.41. The second-order valence-electron chi connectivity index (χ2n) is 4.82. The van der Waals surface area contributed by atoms with E-state index >= 15 is 0 Å². The SMILES string of the molecule is Cc1cccc(C#Cc2ccc3c(c2)CCCN3)n1. The van der Waals surface area contributed by atoms with Crippen LogP contribution in [0.3, 0.4) is 0 Å². The van der Waals surface area contributed by atoms with E-state index in [4.69, 9.17) is 0 Å². The first-order chi connectivity index (χ1) is 9.31. The highest BCUT2D eigenvalue weighted by Gasteiger charge is 2.07. The fraction of sp³-hybridized carbons (Fsp3) is 0.235. The molecule has 2 nitrogen and oxygen atoms in total. The molecule has 2 heterocycles. The van der Waals surface area contributed by atoms with Crippen molar-refractivity contribution in [3.63, 3.8) is 0 Å². The predicted molar refractivity (Wildman–Crippen MR) is 78.2 cm³/mol. The van der Waals surface area contributed by atoms with Gasteiger partial charge in [-0.15, -0.1) is 0 Å². The Morgan fingerprint density at radius 1 is 1.16 bits per heavy atom. The van der Waals surface area contributed by atoms with Crippen molar-refractivity contribution in [1.82, 2.24) is 4.98 Å². The summed E-state index contributed by atoms with van der Waals surface area (Å²) in [5.74, 6) is 6.33. The monoisotopic (exact) mass is 248 g/mol. The van der Waals surface area contributed by atoms with Crippen LogP contribution in [0.1, 0.15) is 28.9 Å². The molecule has 0 bridgehead atoms. The number of fused-ring (bicyclic) bond motifs is 1. The Labute approximate surface area is 113 Å². The molecule has 1 N–H and O–H groups in total. The van der Waals surface area contributed by atoms with Gasteiger partial charge in [0.05, 0.1) is 0 Å². The lowest BCUT2D eigenvalue weighted by atomic mass is 10.0. The Morgan fingerprint density at radius 3 is 3.00 bits per heavy atom. The highest BCUT2D eigenvalue weighted by molar-refractivity contribution is 5.57. The Balaban J connectivity index is 1.88. The van der Waals surface area contributed by atoms with Gasteiger partial charge in [0, 0.05) is 23.5 Å². The van der Waals surface area contributed by atoms with E-state index in [1.165, 1.54) is 17.7 Å². The Kier molecular flexibility index (Phi) is 3.20. The zero-order valence-electron chi connectivity index (χ0n) is 11.0. The molecular weight excluding hydrogens is 232 g/mol. The topological polar surface area (TPSA) is 24.9 Å². The number of anilines is 1. The first-order valence-corrected chi connectivity index (χ1v) is 6.64. The van der Waals surface area contributed by atoms with Crippen molar-refractivity contribution in [2.24, 2.45) is 0 Å². The predicted octanol–water partition coefficient (Wildman–Crippen LogP) is 3.15. The van der Waals surface area contributed by atoms with Gasteiger partial charge >= 0.3 is 0 Å². The molecular formula is C17H16N2. The number of nitrogens with zero attached hydrogens (tertiary/aromatic N) is 1. The quantitative estimate of drug-likeness (QED) is 0.724. The Bertz CT molecular complexity index is 662. The van der Waals surface area contributed by atoms with Gasteiger partial charge in [0.1, 0.15) is 5.69 Å². The summed E-state index contributed by atoms with van der Waals surface area (Å²) in [6, 6.07) is 12.3. The number of nitrogens with one attached hydrogen (secondary N) is 1. The third kappa shape index (κ3) is 2.77. The molecule has 1 aliphatic heterocycles. The summed E-state index contributed by atoms with van der Waals surface area (Å²) in [6.45, 7) is 3.06. The molecule has 2 aromatic rings. The van der Waals surface area contributed by atoms with Crippen LogP contribution in [0.25, 0.3) is 0 Å². The molecule has 94 valence electrons. The molecule has 19 heavy (non-hydrogen) atoms. The normalized spacial score (nSPS) is 12.9. The molecule has 0 saturated carbocycles. The van der Waals surface area contributed by atoms with Crippen LogP contribution in [0.2, 0.25) is 0 Å². The van der Waals surface area contributed by atoms with Crippen LogP contribution < -0.4 is 5.32 Å². The number of hydrogen-bond donors (Lipinski definition) is 1. The molecule has 1 aliphatic rings. The van der Waals surface area contributed by atoms with Gasteiger partial charge < -0.3 is 5.32 Å². The first-order valence-electron chi connectivity index (χ1n) is 6.64. The van der Waals surface area contributed by atoms with Gasteiger partial charge in [-0.05, 0) is 61.6 Å². The molecule has 3 rings (SSSR count). The average Bonchev–Trinajstić information content (AvgIpc) is 2.45. The molecule has 0 radical (unpaired) electrons. The van der Waals surface area contributed by atoms with Crippen molar-refractivity contribution in [2.75, 3.05) is 11.9 Å². The maximum absolute atomic E-state index is 4.39. The number of benzene rings is 1. The van der Waals surface area contributed by atoms with Crippen molar-refractivity contribution in [1.29, 1.82) is 0 Å². The van der Waals surface area contributed by atoms with Crippen LogP contribution in [0.4, 0.5) is 5.69 Å². The van der Waals surface area contributed by atoms with Crippen LogP contribution in [0, 0.1) is 18.8 Å². The lowest BCUT2D eigenvalue weighted by molar-refractivity contribution is 0.830. The van der Waals surface area contributed by atoms with Gasteiger partial charge in [0.2, 0.25) is 0 Å². The summed E-state index contributed by atoms with van der Waals surface area (Å²) < 4.78 is 0. The number of rotatable bonds is 0. The lowest BCUT2D eigenvalue weighted by Gasteiger charge is -2.17. The third-order valence-electron chi connectivity index (χ3n) is 3.27. The summed E-state index contributed by atoms with van der Waals surface area (Å²) in [5.41, 5.74) is 5.52. The van der Waals surface area contributed by atoms with Gasteiger partial charge in [-0.25, -0.2) is 4.98 Å². The zero-order valence-corrected chi connectivity index (χ0v) is 11.0. The van der Waals surface area contributed by atoms with Crippen molar-refractivity contribution >= 4 is 5.69 Å². The number of hydrogen-bond acceptors (Lipinski definition) is 2. The molecule has 2 heteroatoms. The van der Waals surface area contributed by atoms with E-state index in [-0.39, 0.29) is 0 Å². The molecule has 0 spiro atoms. The van der Waals surface area contributed by atoms with Gasteiger partial charge in [-0.2, -0.15) is 0 Å². The van der Waals surface area contributed by atoms with E-state index in [1.807, 2.05) is 25.1 Å². The van der Waals surface area contributed by atoms with Gasteiger partial charge in [0.25, 0.3) is 0 Å². The fourth-order valence-electron chi connectivity index (χ4n) is 2.30.